The number of piperidine rings is 1. The molecule has 0 aliphatic carbocycles. The van der Waals surface area contributed by atoms with Gasteiger partial charge >= 0.3 is 0 Å². The van der Waals surface area contributed by atoms with Crippen molar-refractivity contribution < 1.29 is 4.74 Å². The quantitative estimate of drug-likeness (QED) is 0.384. The lowest BCUT2D eigenvalue weighted by Crippen LogP contribution is -2.52. The Hall–Kier alpha value is -2.17. The average Bonchev–Trinajstić information content (AvgIpc) is 2.94. The van der Waals surface area contributed by atoms with Crippen LogP contribution in [0.4, 0.5) is 11.5 Å². The van der Waals surface area contributed by atoms with Gasteiger partial charge in [-0.25, -0.2) is 9.97 Å². The van der Waals surface area contributed by atoms with E-state index in [1.54, 1.807) is 7.11 Å². The van der Waals surface area contributed by atoms with Crippen molar-refractivity contribution in [3.05, 3.63) is 50.5 Å². The Labute approximate surface area is 242 Å². The van der Waals surface area contributed by atoms with Gasteiger partial charge in [-0.1, -0.05) is 41.2 Å². The second kappa shape index (κ2) is 13.3. The van der Waals surface area contributed by atoms with E-state index in [-0.39, 0.29) is 0 Å². The number of ether oxygens (including phenoxy) is 1. The minimum atomic E-state index is 0.693. The standard InChI is InChI=1S/C30H43IN6O/c1-7-25-30(32-4)34-29(26(33-25)18-21(2)3)24(20-31)22-8-9-27(28(19-22)38-6)37-12-10-23(11-13-37)36-16-14-35(5)15-17-36/h8-9,18-20,23H,7,10-17H2,1-6H3,(H,32,34)/b24-20-. The molecule has 0 atom stereocenters. The van der Waals surface area contributed by atoms with Crippen LogP contribution in [0.15, 0.2) is 27.9 Å². The number of rotatable bonds is 8. The first kappa shape index (κ1) is 28.8. The molecule has 2 saturated heterocycles. The highest BCUT2D eigenvalue weighted by Crippen LogP contribution is 2.37. The molecule has 206 valence electrons. The van der Waals surface area contributed by atoms with Gasteiger partial charge in [0.05, 0.1) is 29.9 Å². The number of likely N-dealkylation sites (N-methyl/N-ethyl adjacent to an activating group) is 1. The first-order valence-corrected chi connectivity index (χ1v) is 15.0. The van der Waals surface area contributed by atoms with E-state index < -0.39 is 0 Å². The number of benzene rings is 1. The van der Waals surface area contributed by atoms with E-state index in [4.69, 9.17) is 14.7 Å². The van der Waals surface area contributed by atoms with Crippen molar-refractivity contribution in [3.63, 3.8) is 0 Å². The SMILES string of the molecule is CCc1nc(C=C(C)C)c(/C(=C\I)c2ccc(N3CCC(N4CCN(C)CC4)CC3)c(OC)c2)nc1NC. The summed E-state index contributed by atoms with van der Waals surface area (Å²) in [5.41, 5.74) is 7.25. The van der Waals surface area contributed by atoms with Gasteiger partial charge in [-0.15, -0.1) is 0 Å². The van der Waals surface area contributed by atoms with Crippen LogP contribution in [0.2, 0.25) is 0 Å². The molecular weight excluding hydrogens is 587 g/mol. The molecule has 8 heteroatoms. The van der Waals surface area contributed by atoms with E-state index in [1.807, 2.05) is 7.05 Å². The van der Waals surface area contributed by atoms with Gasteiger partial charge in [0.2, 0.25) is 0 Å². The Bertz CT molecular complexity index is 1160. The molecule has 0 spiro atoms. The summed E-state index contributed by atoms with van der Waals surface area (Å²) in [6.07, 6.45) is 5.35. The third-order valence-electron chi connectivity index (χ3n) is 7.71. The zero-order chi connectivity index (χ0) is 27.2. The summed E-state index contributed by atoms with van der Waals surface area (Å²) in [5.74, 6) is 1.74. The van der Waals surface area contributed by atoms with Gasteiger partial charge in [0, 0.05) is 57.9 Å². The number of halogens is 1. The van der Waals surface area contributed by atoms with Crippen LogP contribution in [-0.4, -0.2) is 86.3 Å². The van der Waals surface area contributed by atoms with Crippen molar-refractivity contribution in [1.82, 2.24) is 19.8 Å². The molecule has 1 aromatic heterocycles. The summed E-state index contributed by atoms with van der Waals surface area (Å²) in [7, 11) is 5.91. The fraction of sp³-hybridized carbons (Fsp3) is 0.533. The maximum absolute atomic E-state index is 5.95. The van der Waals surface area contributed by atoms with Crippen LogP contribution in [0.5, 0.6) is 5.75 Å². The topological polar surface area (TPSA) is 56.8 Å². The molecule has 0 amide bonds. The van der Waals surface area contributed by atoms with Gasteiger partial charge < -0.3 is 19.9 Å². The molecule has 7 nitrogen and oxygen atoms in total. The van der Waals surface area contributed by atoms with Crippen LogP contribution in [-0.2, 0) is 6.42 Å². The lowest BCUT2D eigenvalue weighted by atomic mass is 9.98. The highest BCUT2D eigenvalue weighted by molar-refractivity contribution is 14.1. The number of aromatic nitrogens is 2. The van der Waals surface area contributed by atoms with Crippen molar-refractivity contribution in [3.8, 4) is 5.75 Å². The van der Waals surface area contributed by atoms with Crippen LogP contribution in [0.1, 0.15) is 56.3 Å². The van der Waals surface area contributed by atoms with Gasteiger partial charge in [0.15, 0.2) is 0 Å². The molecule has 2 fully saturated rings. The molecule has 2 aliphatic heterocycles. The van der Waals surface area contributed by atoms with E-state index in [0.717, 1.165) is 59.3 Å². The summed E-state index contributed by atoms with van der Waals surface area (Å²) in [6, 6.07) is 7.28. The Morgan fingerprint density at radius 2 is 1.82 bits per heavy atom. The monoisotopic (exact) mass is 630 g/mol. The molecule has 0 saturated carbocycles. The fourth-order valence-corrected chi connectivity index (χ4v) is 6.18. The van der Waals surface area contributed by atoms with E-state index >= 15 is 0 Å². The summed E-state index contributed by atoms with van der Waals surface area (Å²) in [4.78, 5) is 17.6. The van der Waals surface area contributed by atoms with Crippen molar-refractivity contribution in [2.24, 2.45) is 0 Å². The zero-order valence-corrected chi connectivity index (χ0v) is 26.0. The number of aryl methyl sites for hydroxylation is 1. The molecule has 3 heterocycles. The molecule has 0 radical (unpaired) electrons. The third-order valence-corrected chi connectivity index (χ3v) is 8.33. The second-order valence-corrected chi connectivity index (χ2v) is 11.2. The number of nitrogens with one attached hydrogen (secondary N) is 1. The molecule has 4 rings (SSSR count). The average molecular weight is 631 g/mol. The van der Waals surface area contributed by atoms with Crippen LogP contribution < -0.4 is 15.0 Å². The highest BCUT2D eigenvalue weighted by Gasteiger charge is 2.28. The maximum Gasteiger partial charge on any atom is 0.148 e. The lowest BCUT2D eigenvalue weighted by Gasteiger charge is -2.42. The molecule has 2 aromatic rings. The van der Waals surface area contributed by atoms with Gasteiger partial charge in [0.1, 0.15) is 11.6 Å². The summed E-state index contributed by atoms with van der Waals surface area (Å²) in [5, 5.41) is 3.24. The lowest BCUT2D eigenvalue weighted by molar-refractivity contribution is 0.0981. The van der Waals surface area contributed by atoms with Crippen LogP contribution in [0, 0.1) is 0 Å². The van der Waals surface area contributed by atoms with Crippen molar-refractivity contribution >= 4 is 45.7 Å². The van der Waals surface area contributed by atoms with Gasteiger partial charge in [-0.05, 0) is 68.0 Å². The van der Waals surface area contributed by atoms with E-state index in [2.05, 4.69) is 98.8 Å². The predicted molar refractivity (Wildman–Crippen MR) is 169 cm³/mol. The smallest absolute Gasteiger partial charge is 0.148 e. The van der Waals surface area contributed by atoms with Crippen molar-refractivity contribution in [2.75, 3.05) is 70.7 Å². The van der Waals surface area contributed by atoms with Crippen molar-refractivity contribution in [2.45, 2.75) is 46.1 Å². The minimum absolute atomic E-state index is 0.693. The van der Waals surface area contributed by atoms with Crippen LogP contribution in [0.25, 0.3) is 11.6 Å². The Kier molecular flexibility index (Phi) is 10.1. The highest BCUT2D eigenvalue weighted by atomic mass is 127. The van der Waals surface area contributed by atoms with Crippen LogP contribution in [0.3, 0.4) is 0 Å². The number of hydrogen-bond donors (Lipinski definition) is 1. The summed E-state index contributed by atoms with van der Waals surface area (Å²) in [6.45, 7) is 13.2. The maximum atomic E-state index is 5.95. The van der Waals surface area contributed by atoms with Gasteiger partial charge in [0.25, 0.3) is 0 Å². The molecule has 2 aliphatic rings. The molecule has 38 heavy (non-hydrogen) atoms. The van der Waals surface area contributed by atoms with E-state index in [0.29, 0.717) is 6.04 Å². The van der Waals surface area contributed by atoms with E-state index in [9.17, 15) is 0 Å². The minimum Gasteiger partial charge on any atom is -0.495 e. The molecule has 0 unspecified atom stereocenters. The normalized spacial score (nSPS) is 18.0. The van der Waals surface area contributed by atoms with E-state index in [1.165, 1.54) is 50.3 Å². The first-order valence-electron chi connectivity index (χ1n) is 13.8. The van der Waals surface area contributed by atoms with Crippen LogP contribution >= 0.6 is 22.6 Å². The Balaban J connectivity index is 1.59. The second-order valence-electron chi connectivity index (χ2n) is 10.5. The third kappa shape index (κ3) is 6.51. The molecule has 1 aromatic carbocycles. The summed E-state index contributed by atoms with van der Waals surface area (Å²) < 4.78 is 8.06. The number of allylic oxidation sites excluding steroid dienone is 1. The first-order chi connectivity index (χ1) is 18.4. The Morgan fingerprint density at radius 3 is 2.39 bits per heavy atom. The fourth-order valence-electron chi connectivity index (χ4n) is 5.52. The largest absolute Gasteiger partial charge is 0.495 e. The number of nitrogens with zero attached hydrogens (tertiary/aromatic N) is 5. The number of hydrogen-bond acceptors (Lipinski definition) is 7. The number of piperazine rings is 1. The van der Waals surface area contributed by atoms with Gasteiger partial charge in [-0.2, -0.15) is 0 Å². The number of anilines is 2. The number of methoxy groups -OCH3 is 1. The molecule has 1 N–H and O–H groups in total. The molecular formula is C30H43IN6O. The Morgan fingerprint density at radius 1 is 1.11 bits per heavy atom. The zero-order valence-electron chi connectivity index (χ0n) is 23.9. The van der Waals surface area contributed by atoms with Gasteiger partial charge in [-0.3, -0.25) is 4.90 Å². The summed E-state index contributed by atoms with van der Waals surface area (Å²) >= 11 is 2.32. The van der Waals surface area contributed by atoms with Crippen molar-refractivity contribution in [1.29, 1.82) is 0 Å². The molecule has 0 bridgehead atoms. The predicted octanol–water partition coefficient (Wildman–Crippen LogP) is 5.55.